The van der Waals surface area contributed by atoms with Gasteiger partial charge in [0.2, 0.25) is 0 Å². The number of halogens is 1. The van der Waals surface area contributed by atoms with Crippen LogP contribution in [0.3, 0.4) is 0 Å². The molecule has 2 unspecified atom stereocenters. The van der Waals surface area contributed by atoms with Crippen LogP contribution in [0.1, 0.15) is 41.6 Å². The number of benzene rings is 1. The van der Waals surface area contributed by atoms with Crippen molar-refractivity contribution in [3.8, 4) is 0 Å². The fourth-order valence-electron chi connectivity index (χ4n) is 2.66. The maximum atomic E-state index is 12.2. The number of amides is 1. The summed E-state index contributed by atoms with van der Waals surface area (Å²) in [6.07, 6.45) is 4.19. The Morgan fingerprint density at radius 3 is 2.89 bits per heavy atom. The summed E-state index contributed by atoms with van der Waals surface area (Å²) in [5.41, 5.74) is 1.58. The van der Waals surface area contributed by atoms with Gasteiger partial charge in [-0.1, -0.05) is 25.0 Å². The Labute approximate surface area is 119 Å². The van der Waals surface area contributed by atoms with Crippen molar-refractivity contribution in [1.29, 1.82) is 0 Å². The first kappa shape index (κ1) is 14.4. The molecule has 0 radical (unpaired) electrons. The molecule has 1 aromatic carbocycles. The Morgan fingerprint density at radius 1 is 1.37 bits per heavy atom. The summed E-state index contributed by atoms with van der Waals surface area (Å²) < 4.78 is 0. The molecule has 1 aliphatic rings. The highest BCUT2D eigenvalue weighted by Crippen LogP contribution is 2.24. The van der Waals surface area contributed by atoms with Crippen molar-refractivity contribution in [3.63, 3.8) is 0 Å². The minimum Gasteiger partial charge on any atom is -0.396 e. The van der Waals surface area contributed by atoms with Crippen LogP contribution in [0.15, 0.2) is 24.3 Å². The van der Waals surface area contributed by atoms with E-state index >= 15 is 0 Å². The highest BCUT2D eigenvalue weighted by molar-refractivity contribution is 6.17. The molecule has 0 aliphatic heterocycles. The smallest absolute Gasteiger partial charge is 0.251 e. The van der Waals surface area contributed by atoms with Gasteiger partial charge in [0.05, 0.1) is 0 Å². The van der Waals surface area contributed by atoms with Gasteiger partial charge in [0.25, 0.3) is 5.91 Å². The number of rotatable bonds is 4. The minimum absolute atomic E-state index is 0.0719. The second-order valence-electron chi connectivity index (χ2n) is 5.14. The van der Waals surface area contributed by atoms with Gasteiger partial charge < -0.3 is 10.4 Å². The van der Waals surface area contributed by atoms with Crippen molar-refractivity contribution >= 4 is 17.5 Å². The lowest BCUT2D eigenvalue weighted by Gasteiger charge is -2.30. The quantitative estimate of drug-likeness (QED) is 0.834. The summed E-state index contributed by atoms with van der Waals surface area (Å²) >= 11 is 5.78. The van der Waals surface area contributed by atoms with Gasteiger partial charge in [0.1, 0.15) is 0 Å². The molecule has 2 atom stereocenters. The zero-order valence-corrected chi connectivity index (χ0v) is 11.7. The highest BCUT2D eigenvalue weighted by atomic mass is 35.5. The second-order valence-corrected chi connectivity index (χ2v) is 5.41. The van der Waals surface area contributed by atoms with Crippen LogP contribution in [-0.2, 0) is 5.88 Å². The molecule has 4 heteroatoms. The fourth-order valence-corrected chi connectivity index (χ4v) is 2.83. The van der Waals surface area contributed by atoms with Crippen molar-refractivity contribution in [1.82, 2.24) is 5.32 Å². The molecule has 1 saturated carbocycles. The Hall–Kier alpha value is -1.06. The van der Waals surface area contributed by atoms with Crippen LogP contribution < -0.4 is 5.32 Å². The van der Waals surface area contributed by atoms with Crippen LogP contribution in [0.4, 0.5) is 0 Å². The van der Waals surface area contributed by atoms with Crippen molar-refractivity contribution in [2.45, 2.75) is 37.6 Å². The number of aliphatic hydroxyl groups excluding tert-OH is 1. The number of nitrogens with one attached hydrogen (secondary N) is 1. The SMILES string of the molecule is O=C(NC1CCCCC1CO)c1cccc(CCl)c1. The van der Waals surface area contributed by atoms with Crippen LogP contribution in [-0.4, -0.2) is 23.7 Å². The molecule has 1 aliphatic carbocycles. The second kappa shape index (κ2) is 6.92. The molecular weight excluding hydrogens is 262 g/mol. The van der Waals surface area contributed by atoms with Crippen LogP contribution in [0, 0.1) is 5.92 Å². The summed E-state index contributed by atoms with van der Waals surface area (Å²) in [6.45, 7) is 0.146. The zero-order chi connectivity index (χ0) is 13.7. The molecule has 19 heavy (non-hydrogen) atoms. The number of carbonyl (C=O) groups excluding carboxylic acids is 1. The van der Waals surface area contributed by atoms with Crippen LogP contribution >= 0.6 is 11.6 Å². The average molecular weight is 282 g/mol. The Balaban J connectivity index is 2.02. The topological polar surface area (TPSA) is 49.3 Å². The van der Waals surface area contributed by atoms with Crippen molar-refractivity contribution in [2.24, 2.45) is 5.92 Å². The highest BCUT2D eigenvalue weighted by Gasteiger charge is 2.26. The standard InChI is InChI=1S/C15H20ClNO2/c16-9-11-4-3-6-12(8-11)15(19)17-14-7-2-1-5-13(14)10-18/h3-4,6,8,13-14,18H,1-2,5,7,9-10H2,(H,17,19). The molecule has 104 valence electrons. The maximum absolute atomic E-state index is 12.2. The molecule has 3 nitrogen and oxygen atoms in total. The average Bonchev–Trinajstić information content (AvgIpc) is 2.47. The lowest BCUT2D eigenvalue weighted by molar-refractivity contribution is 0.0872. The van der Waals surface area contributed by atoms with Gasteiger partial charge in [-0.2, -0.15) is 0 Å². The number of hydrogen-bond donors (Lipinski definition) is 2. The Kier molecular flexibility index (Phi) is 5.23. The molecule has 2 N–H and O–H groups in total. The van der Waals surface area contributed by atoms with Gasteiger partial charge in [-0.15, -0.1) is 11.6 Å². The van der Waals surface area contributed by atoms with E-state index in [1.807, 2.05) is 18.2 Å². The van der Waals surface area contributed by atoms with Gasteiger partial charge in [-0.3, -0.25) is 4.79 Å². The largest absolute Gasteiger partial charge is 0.396 e. The number of alkyl halides is 1. The molecule has 0 aromatic heterocycles. The first-order valence-electron chi connectivity index (χ1n) is 6.81. The zero-order valence-electron chi connectivity index (χ0n) is 10.9. The molecule has 0 heterocycles. The molecule has 2 rings (SSSR count). The van der Waals surface area contributed by atoms with Crippen molar-refractivity contribution < 1.29 is 9.90 Å². The third kappa shape index (κ3) is 3.71. The molecule has 1 amide bonds. The molecule has 1 aromatic rings. The summed E-state index contributed by atoms with van der Waals surface area (Å²) in [6, 6.07) is 7.45. The van der Waals surface area contributed by atoms with Gasteiger partial charge in [0.15, 0.2) is 0 Å². The Morgan fingerprint density at radius 2 is 2.16 bits per heavy atom. The summed E-state index contributed by atoms with van der Waals surface area (Å²) in [7, 11) is 0. The molecule has 0 bridgehead atoms. The lowest BCUT2D eigenvalue weighted by Crippen LogP contribution is -2.43. The molecule has 1 fully saturated rings. The molecular formula is C15H20ClNO2. The normalized spacial score (nSPS) is 23.1. The lowest BCUT2D eigenvalue weighted by atomic mass is 9.85. The number of aliphatic hydroxyl groups is 1. The van der Waals surface area contributed by atoms with Crippen molar-refractivity contribution in [2.75, 3.05) is 6.61 Å². The van der Waals surface area contributed by atoms with E-state index in [2.05, 4.69) is 5.32 Å². The number of hydrogen-bond acceptors (Lipinski definition) is 2. The fraction of sp³-hybridized carbons (Fsp3) is 0.533. The summed E-state index contributed by atoms with van der Waals surface area (Å²) in [5, 5.41) is 12.4. The van der Waals surface area contributed by atoms with E-state index in [4.69, 9.17) is 11.6 Å². The third-order valence-corrected chi connectivity index (χ3v) is 4.11. The van der Waals surface area contributed by atoms with Crippen LogP contribution in [0.2, 0.25) is 0 Å². The summed E-state index contributed by atoms with van der Waals surface area (Å²) in [4.78, 5) is 12.2. The molecule has 0 spiro atoms. The van der Waals surface area contributed by atoms with E-state index in [9.17, 15) is 9.90 Å². The maximum Gasteiger partial charge on any atom is 0.251 e. The van der Waals surface area contributed by atoms with Gasteiger partial charge in [-0.05, 0) is 30.5 Å². The van der Waals surface area contributed by atoms with Gasteiger partial charge >= 0.3 is 0 Å². The third-order valence-electron chi connectivity index (χ3n) is 3.80. The number of carbonyl (C=O) groups is 1. The predicted octanol–water partition coefficient (Wildman–Crippen LogP) is 2.71. The van der Waals surface area contributed by atoms with Crippen LogP contribution in [0.25, 0.3) is 0 Å². The Bertz CT molecular complexity index is 436. The summed E-state index contributed by atoms with van der Waals surface area (Å²) in [5.74, 6) is 0.523. The first-order valence-corrected chi connectivity index (χ1v) is 7.34. The minimum atomic E-state index is -0.0719. The predicted molar refractivity (Wildman–Crippen MR) is 76.3 cm³/mol. The van der Waals surface area contributed by atoms with Crippen LogP contribution in [0.5, 0.6) is 0 Å². The van der Waals surface area contributed by atoms with Gasteiger partial charge in [-0.25, -0.2) is 0 Å². The molecule has 0 saturated heterocycles. The van der Waals surface area contributed by atoms with Gasteiger partial charge in [0, 0.05) is 30.0 Å². The van der Waals surface area contributed by atoms with E-state index in [1.54, 1.807) is 6.07 Å². The van der Waals surface area contributed by atoms with E-state index in [0.717, 1.165) is 31.2 Å². The van der Waals surface area contributed by atoms with E-state index in [0.29, 0.717) is 11.4 Å². The van der Waals surface area contributed by atoms with E-state index < -0.39 is 0 Å². The monoisotopic (exact) mass is 281 g/mol. The van der Waals surface area contributed by atoms with E-state index in [-0.39, 0.29) is 24.5 Å². The first-order chi connectivity index (χ1) is 9.24. The van der Waals surface area contributed by atoms with Crippen molar-refractivity contribution in [3.05, 3.63) is 35.4 Å². The van der Waals surface area contributed by atoms with E-state index in [1.165, 1.54) is 0 Å².